The summed E-state index contributed by atoms with van der Waals surface area (Å²) >= 11 is 9.16. The molecule has 0 heterocycles. The molecule has 0 saturated carbocycles. The van der Waals surface area contributed by atoms with Crippen LogP contribution in [0.4, 0.5) is 10.1 Å². The Morgan fingerprint density at radius 1 is 1.09 bits per heavy atom. The van der Waals surface area contributed by atoms with Gasteiger partial charge in [-0.15, -0.1) is 0 Å². The van der Waals surface area contributed by atoms with Crippen LogP contribution in [0.2, 0.25) is 5.02 Å². The summed E-state index contributed by atoms with van der Waals surface area (Å²) in [5.41, 5.74) is 5.08. The van der Waals surface area contributed by atoms with Crippen molar-refractivity contribution in [1.82, 2.24) is 5.43 Å². The maximum atomic E-state index is 13.2. The molecular formula is C25H22BrClFN3O4. The van der Waals surface area contributed by atoms with E-state index in [1.165, 1.54) is 18.3 Å². The van der Waals surface area contributed by atoms with Crippen molar-refractivity contribution < 1.29 is 23.5 Å². The predicted octanol–water partition coefficient (Wildman–Crippen LogP) is 5.62. The summed E-state index contributed by atoms with van der Waals surface area (Å²) < 4.78 is 25.5. The Morgan fingerprint density at radius 2 is 1.83 bits per heavy atom. The molecule has 2 N–H and O–H groups in total. The summed E-state index contributed by atoms with van der Waals surface area (Å²) in [5.74, 6) is -1.61. The van der Waals surface area contributed by atoms with Gasteiger partial charge in [-0.2, -0.15) is 5.10 Å². The summed E-state index contributed by atoms with van der Waals surface area (Å²) in [7, 11) is 0. The van der Waals surface area contributed by atoms with Crippen LogP contribution in [0.1, 0.15) is 23.6 Å². The lowest BCUT2D eigenvalue weighted by atomic mass is 10.2. The van der Waals surface area contributed by atoms with Gasteiger partial charge in [-0.1, -0.05) is 41.4 Å². The molecular weight excluding hydrogens is 541 g/mol. The second kappa shape index (κ2) is 12.3. The van der Waals surface area contributed by atoms with Gasteiger partial charge in [0.15, 0.2) is 11.5 Å². The number of carbonyl (C=O) groups is 2. The minimum Gasteiger partial charge on any atom is -0.490 e. The van der Waals surface area contributed by atoms with Crippen LogP contribution >= 0.6 is 27.5 Å². The summed E-state index contributed by atoms with van der Waals surface area (Å²) in [6.07, 6.45) is 1.36. The molecule has 0 atom stereocenters. The number of hydrogen-bond donors (Lipinski definition) is 2. The lowest BCUT2D eigenvalue weighted by Gasteiger charge is -2.15. The lowest BCUT2D eigenvalue weighted by molar-refractivity contribution is -0.136. The number of ether oxygens (including phenoxy) is 2. The molecule has 0 radical (unpaired) electrons. The van der Waals surface area contributed by atoms with Crippen LogP contribution in [0.25, 0.3) is 0 Å². The number of hydrazone groups is 1. The van der Waals surface area contributed by atoms with Gasteiger partial charge in [0.2, 0.25) is 0 Å². The molecule has 2 amide bonds. The number of amides is 2. The predicted molar refractivity (Wildman–Crippen MR) is 137 cm³/mol. The maximum absolute atomic E-state index is 13.2. The van der Waals surface area contributed by atoms with Gasteiger partial charge in [0.25, 0.3) is 0 Å². The van der Waals surface area contributed by atoms with Crippen molar-refractivity contribution in [3.05, 3.63) is 86.6 Å². The SMILES string of the molecule is CCOc1cc(/C=N/NC(=O)C(=O)Nc2ccc(F)c(Cl)c2)cc(Br)c1OCc1ccc(C)cc1. The van der Waals surface area contributed by atoms with E-state index < -0.39 is 17.6 Å². The average molecular weight is 563 g/mol. The van der Waals surface area contributed by atoms with E-state index in [-0.39, 0.29) is 10.7 Å². The van der Waals surface area contributed by atoms with Crippen molar-refractivity contribution in [2.45, 2.75) is 20.5 Å². The number of hydrogen-bond acceptors (Lipinski definition) is 5. The van der Waals surface area contributed by atoms with E-state index in [0.717, 1.165) is 17.2 Å². The molecule has 182 valence electrons. The quantitative estimate of drug-likeness (QED) is 0.212. The van der Waals surface area contributed by atoms with E-state index in [4.69, 9.17) is 21.1 Å². The molecule has 3 aromatic rings. The third-order valence-corrected chi connectivity index (χ3v) is 5.48. The first-order valence-corrected chi connectivity index (χ1v) is 11.7. The number of benzene rings is 3. The van der Waals surface area contributed by atoms with E-state index in [0.29, 0.717) is 34.7 Å². The van der Waals surface area contributed by atoms with Crippen LogP contribution in [0.3, 0.4) is 0 Å². The zero-order valence-electron chi connectivity index (χ0n) is 18.9. The fourth-order valence-electron chi connectivity index (χ4n) is 2.88. The Bertz CT molecular complexity index is 1250. The molecule has 0 unspecified atom stereocenters. The third-order valence-electron chi connectivity index (χ3n) is 4.60. The van der Waals surface area contributed by atoms with Crippen LogP contribution in [-0.4, -0.2) is 24.6 Å². The highest BCUT2D eigenvalue weighted by molar-refractivity contribution is 9.10. The summed E-state index contributed by atoms with van der Waals surface area (Å²) in [4.78, 5) is 24.0. The smallest absolute Gasteiger partial charge is 0.329 e. The van der Waals surface area contributed by atoms with Crippen LogP contribution in [-0.2, 0) is 16.2 Å². The molecule has 0 aliphatic heterocycles. The van der Waals surface area contributed by atoms with Crippen LogP contribution < -0.4 is 20.2 Å². The number of halogens is 3. The van der Waals surface area contributed by atoms with Crippen LogP contribution in [0.15, 0.2) is 64.2 Å². The molecule has 0 fully saturated rings. The molecule has 0 spiro atoms. The van der Waals surface area contributed by atoms with E-state index >= 15 is 0 Å². The summed E-state index contributed by atoms with van der Waals surface area (Å²) in [6.45, 7) is 4.64. The van der Waals surface area contributed by atoms with Crippen molar-refractivity contribution in [2.75, 3.05) is 11.9 Å². The normalized spacial score (nSPS) is 10.8. The summed E-state index contributed by atoms with van der Waals surface area (Å²) in [5, 5.41) is 5.95. The minimum atomic E-state index is -1.01. The Morgan fingerprint density at radius 3 is 2.51 bits per heavy atom. The largest absolute Gasteiger partial charge is 0.490 e. The standard InChI is InChI=1S/C25H22BrClFN3O4/c1-3-34-22-11-17(10-19(26)23(22)35-14-16-6-4-15(2)5-7-16)13-29-31-25(33)24(32)30-18-8-9-21(28)20(27)12-18/h4-13H,3,14H2,1-2H3,(H,30,32)(H,31,33)/b29-13+. The maximum Gasteiger partial charge on any atom is 0.329 e. The fraction of sp³-hybridized carbons (Fsp3) is 0.160. The molecule has 0 aliphatic carbocycles. The first-order chi connectivity index (χ1) is 16.8. The highest BCUT2D eigenvalue weighted by Crippen LogP contribution is 2.37. The zero-order valence-corrected chi connectivity index (χ0v) is 21.2. The van der Waals surface area contributed by atoms with Crippen LogP contribution in [0.5, 0.6) is 11.5 Å². The molecule has 0 aromatic heterocycles. The molecule has 0 saturated heterocycles. The molecule has 3 rings (SSSR count). The minimum absolute atomic E-state index is 0.173. The molecule has 7 nitrogen and oxygen atoms in total. The van der Waals surface area contributed by atoms with Crippen molar-refractivity contribution in [3.8, 4) is 11.5 Å². The van der Waals surface area contributed by atoms with Gasteiger partial charge in [-0.25, -0.2) is 9.82 Å². The first-order valence-electron chi connectivity index (χ1n) is 10.5. The zero-order chi connectivity index (χ0) is 25.4. The van der Waals surface area contributed by atoms with E-state index in [9.17, 15) is 14.0 Å². The van der Waals surface area contributed by atoms with Gasteiger partial charge in [0.05, 0.1) is 22.3 Å². The van der Waals surface area contributed by atoms with Gasteiger partial charge in [-0.3, -0.25) is 9.59 Å². The Labute approximate surface area is 215 Å². The van der Waals surface area contributed by atoms with Gasteiger partial charge < -0.3 is 14.8 Å². The first kappa shape index (κ1) is 26.2. The molecule has 3 aromatic carbocycles. The Kier molecular flexibility index (Phi) is 9.22. The highest BCUT2D eigenvalue weighted by atomic mass is 79.9. The van der Waals surface area contributed by atoms with Gasteiger partial charge in [0.1, 0.15) is 12.4 Å². The number of nitrogens with zero attached hydrogens (tertiary/aromatic N) is 1. The fourth-order valence-corrected chi connectivity index (χ4v) is 3.64. The van der Waals surface area contributed by atoms with Crippen molar-refractivity contribution in [3.63, 3.8) is 0 Å². The monoisotopic (exact) mass is 561 g/mol. The summed E-state index contributed by atoms with van der Waals surface area (Å²) in [6, 6.07) is 15.0. The molecule has 0 bridgehead atoms. The number of nitrogens with one attached hydrogen (secondary N) is 2. The van der Waals surface area contributed by atoms with Gasteiger partial charge in [0, 0.05) is 5.69 Å². The van der Waals surface area contributed by atoms with E-state index in [2.05, 4.69) is 31.8 Å². The number of rotatable bonds is 8. The molecule has 35 heavy (non-hydrogen) atoms. The second-order valence-electron chi connectivity index (χ2n) is 7.32. The van der Waals surface area contributed by atoms with Gasteiger partial charge >= 0.3 is 11.8 Å². The number of aryl methyl sites for hydroxylation is 1. The Balaban J connectivity index is 1.64. The molecule has 0 aliphatic rings. The average Bonchev–Trinajstić information content (AvgIpc) is 2.82. The van der Waals surface area contributed by atoms with E-state index in [1.807, 2.05) is 38.1 Å². The van der Waals surface area contributed by atoms with E-state index in [1.54, 1.807) is 12.1 Å². The van der Waals surface area contributed by atoms with Crippen LogP contribution in [0, 0.1) is 12.7 Å². The Hall–Kier alpha value is -3.43. The lowest BCUT2D eigenvalue weighted by Crippen LogP contribution is -2.32. The number of carbonyl (C=O) groups excluding carboxylic acids is 2. The number of anilines is 1. The topological polar surface area (TPSA) is 89.0 Å². The van der Waals surface area contributed by atoms with Gasteiger partial charge in [-0.05, 0) is 71.2 Å². The third kappa shape index (κ3) is 7.53. The van der Waals surface area contributed by atoms with Crippen molar-refractivity contribution >= 4 is 51.2 Å². The second-order valence-corrected chi connectivity index (χ2v) is 8.58. The highest BCUT2D eigenvalue weighted by Gasteiger charge is 2.15. The van der Waals surface area contributed by atoms with Crippen molar-refractivity contribution in [2.24, 2.45) is 5.10 Å². The molecule has 10 heteroatoms. The van der Waals surface area contributed by atoms with Crippen molar-refractivity contribution in [1.29, 1.82) is 0 Å².